The van der Waals surface area contributed by atoms with Crippen molar-refractivity contribution in [1.82, 2.24) is 0 Å². The molecule has 100 valence electrons. The monoisotopic (exact) mass is 256 g/mol. The lowest BCUT2D eigenvalue weighted by atomic mass is 10.00. The van der Waals surface area contributed by atoms with E-state index in [0.717, 1.165) is 30.4 Å². The lowest BCUT2D eigenvalue weighted by Gasteiger charge is -2.15. The molecule has 0 fully saturated rings. The lowest BCUT2D eigenvalue weighted by molar-refractivity contribution is 0.112. The van der Waals surface area contributed by atoms with Crippen molar-refractivity contribution < 1.29 is 9.53 Å². The van der Waals surface area contributed by atoms with Gasteiger partial charge in [-0.25, -0.2) is 0 Å². The number of carbonyl (C=O) groups excluding carboxylic acids is 1. The van der Waals surface area contributed by atoms with Crippen molar-refractivity contribution in [3.63, 3.8) is 0 Å². The molecule has 0 unspecified atom stereocenters. The summed E-state index contributed by atoms with van der Waals surface area (Å²) in [6, 6.07) is 5.61. The van der Waals surface area contributed by atoms with Crippen molar-refractivity contribution in [2.75, 3.05) is 6.61 Å². The average molecular weight is 256 g/mol. The van der Waals surface area contributed by atoms with Gasteiger partial charge in [-0.05, 0) is 48.1 Å². The van der Waals surface area contributed by atoms with Crippen LogP contribution in [0.3, 0.4) is 0 Å². The summed E-state index contributed by atoms with van der Waals surface area (Å²) in [7, 11) is 0. The highest BCUT2D eigenvalue weighted by Gasteiger charge is 2.09. The molecule has 0 saturated carbocycles. The van der Waals surface area contributed by atoms with Crippen molar-refractivity contribution in [3.05, 3.63) is 53.1 Å². The highest BCUT2D eigenvalue weighted by molar-refractivity contribution is 5.75. The molecule has 0 amide bonds. The van der Waals surface area contributed by atoms with E-state index in [-0.39, 0.29) is 0 Å². The summed E-state index contributed by atoms with van der Waals surface area (Å²) in [6.07, 6.45) is 9.61. The average Bonchev–Trinajstić information content (AvgIpc) is 2.46. The molecule has 0 aromatic heterocycles. The Bertz CT molecular complexity index is 510. The maximum atomic E-state index is 10.8. The second-order valence-electron chi connectivity index (χ2n) is 5.12. The summed E-state index contributed by atoms with van der Waals surface area (Å²) >= 11 is 0. The van der Waals surface area contributed by atoms with Gasteiger partial charge in [0.1, 0.15) is 18.6 Å². The molecule has 1 aromatic rings. The molecular formula is C17H20O2. The first-order chi connectivity index (χ1) is 9.20. The van der Waals surface area contributed by atoms with Gasteiger partial charge in [0.2, 0.25) is 0 Å². The molecule has 0 spiro atoms. The summed E-state index contributed by atoms with van der Waals surface area (Å²) in [4.78, 5) is 10.8. The van der Waals surface area contributed by atoms with E-state index in [1.807, 2.05) is 12.1 Å². The van der Waals surface area contributed by atoms with Crippen LogP contribution in [0.25, 0.3) is 0 Å². The van der Waals surface area contributed by atoms with Gasteiger partial charge in [0, 0.05) is 5.56 Å². The fourth-order valence-corrected chi connectivity index (χ4v) is 2.16. The minimum absolute atomic E-state index is 0.339. The zero-order chi connectivity index (χ0) is 13.7. The molecule has 2 nitrogen and oxygen atoms in total. The van der Waals surface area contributed by atoms with E-state index in [4.69, 9.17) is 4.74 Å². The van der Waals surface area contributed by atoms with Crippen LogP contribution in [0.1, 0.15) is 48.5 Å². The maximum Gasteiger partial charge on any atom is 0.150 e. The Morgan fingerprint density at radius 1 is 1.32 bits per heavy atom. The maximum absolute atomic E-state index is 10.8. The van der Waals surface area contributed by atoms with Crippen molar-refractivity contribution in [2.45, 2.75) is 32.6 Å². The summed E-state index contributed by atoms with van der Waals surface area (Å²) in [5.74, 6) is 1.21. The molecule has 1 aliphatic rings. The number of rotatable bonds is 5. The normalized spacial score (nSPS) is 14.4. The topological polar surface area (TPSA) is 26.3 Å². The number of allylic oxidation sites excluding steroid dienone is 2. The van der Waals surface area contributed by atoms with E-state index in [0.29, 0.717) is 18.1 Å². The number of benzene rings is 1. The van der Waals surface area contributed by atoms with E-state index in [9.17, 15) is 4.79 Å². The Morgan fingerprint density at radius 3 is 2.79 bits per heavy atom. The molecule has 0 aliphatic heterocycles. The summed E-state index contributed by atoms with van der Waals surface area (Å²) in [5.41, 5.74) is 3.01. The van der Waals surface area contributed by atoms with Crippen LogP contribution in [0, 0.1) is 0 Å². The van der Waals surface area contributed by atoms with Crippen LogP contribution in [0.5, 0.6) is 5.75 Å². The van der Waals surface area contributed by atoms with Gasteiger partial charge in [-0.2, -0.15) is 0 Å². The molecular weight excluding hydrogens is 236 g/mol. The Hall–Kier alpha value is -1.83. The van der Waals surface area contributed by atoms with Crippen molar-refractivity contribution in [3.8, 4) is 5.75 Å². The number of hydrogen-bond acceptors (Lipinski definition) is 2. The number of aldehydes is 1. The fourth-order valence-electron chi connectivity index (χ4n) is 2.16. The first-order valence-electron chi connectivity index (χ1n) is 6.78. The van der Waals surface area contributed by atoms with E-state index in [2.05, 4.69) is 32.1 Å². The molecule has 0 radical (unpaired) electrons. The molecule has 19 heavy (non-hydrogen) atoms. The first kappa shape index (κ1) is 13.6. The predicted octanol–water partition coefficient (Wildman–Crippen LogP) is 4.28. The zero-order valence-corrected chi connectivity index (χ0v) is 11.6. The minimum Gasteiger partial charge on any atom is -0.489 e. The van der Waals surface area contributed by atoms with Gasteiger partial charge in [0.15, 0.2) is 0 Å². The second-order valence-corrected chi connectivity index (χ2v) is 5.12. The minimum atomic E-state index is 0.339. The van der Waals surface area contributed by atoms with Gasteiger partial charge in [-0.3, -0.25) is 4.79 Å². The van der Waals surface area contributed by atoms with Crippen molar-refractivity contribution in [2.24, 2.45) is 0 Å². The van der Waals surface area contributed by atoms with Gasteiger partial charge in [0.05, 0.1) is 0 Å². The van der Waals surface area contributed by atoms with Gasteiger partial charge in [0.25, 0.3) is 0 Å². The SMILES string of the molecule is CC(C)c1cc(C=O)ccc1OCC1=CCCC=C1. The van der Waals surface area contributed by atoms with Gasteiger partial charge in [-0.1, -0.05) is 32.1 Å². The molecule has 1 aliphatic carbocycles. The largest absolute Gasteiger partial charge is 0.489 e. The molecule has 0 bridgehead atoms. The van der Waals surface area contributed by atoms with E-state index < -0.39 is 0 Å². The van der Waals surface area contributed by atoms with Crippen LogP contribution < -0.4 is 4.74 Å². The summed E-state index contributed by atoms with van der Waals surface area (Å²) < 4.78 is 5.90. The van der Waals surface area contributed by atoms with Crippen molar-refractivity contribution >= 4 is 6.29 Å². The van der Waals surface area contributed by atoms with Crippen LogP contribution in [-0.4, -0.2) is 12.9 Å². The molecule has 0 atom stereocenters. The summed E-state index contributed by atoms with van der Waals surface area (Å²) in [5, 5.41) is 0. The van der Waals surface area contributed by atoms with Crippen LogP contribution in [0.2, 0.25) is 0 Å². The summed E-state index contributed by atoms with van der Waals surface area (Å²) in [6.45, 7) is 4.81. The first-order valence-corrected chi connectivity index (χ1v) is 6.78. The Balaban J connectivity index is 2.12. The van der Waals surface area contributed by atoms with Gasteiger partial charge in [-0.15, -0.1) is 0 Å². The third-order valence-electron chi connectivity index (χ3n) is 3.26. The smallest absolute Gasteiger partial charge is 0.150 e. The Labute approximate surface area is 114 Å². The van der Waals surface area contributed by atoms with Crippen molar-refractivity contribution in [1.29, 1.82) is 0 Å². The van der Waals surface area contributed by atoms with Gasteiger partial charge >= 0.3 is 0 Å². The Kier molecular flexibility index (Phi) is 4.56. The van der Waals surface area contributed by atoms with E-state index in [1.54, 1.807) is 6.07 Å². The number of hydrogen-bond donors (Lipinski definition) is 0. The zero-order valence-electron chi connectivity index (χ0n) is 11.6. The lowest BCUT2D eigenvalue weighted by Crippen LogP contribution is -2.04. The van der Waals surface area contributed by atoms with Crippen LogP contribution in [0.15, 0.2) is 42.0 Å². The van der Waals surface area contributed by atoms with Crippen LogP contribution >= 0.6 is 0 Å². The van der Waals surface area contributed by atoms with Crippen LogP contribution in [-0.2, 0) is 0 Å². The van der Waals surface area contributed by atoms with Crippen LogP contribution in [0.4, 0.5) is 0 Å². The predicted molar refractivity (Wildman–Crippen MR) is 77.9 cm³/mol. The standard InChI is InChI=1S/C17H20O2/c1-13(2)16-10-15(11-18)8-9-17(16)19-12-14-6-4-3-5-7-14/h4,6-11,13H,3,5,12H2,1-2H3. The third-order valence-corrected chi connectivity index (χ3v) is 3.26. The highest BCUT2D eigenvalue weighted by Crippen LogP contribution is 2.27. The Morgan fingerprint density at radius 2 is 2.16 bits per heavy atom. The molecule has 0 N–H and O–H groups in total. The molecule has 0 saturated heterocycles. The van der Waals surface area contributed by atoms with E-state index in [1.165, 1.54) is 5.57 Å². The molecule has 1 aromatic carbocycles. The molecule has 0 heterocycles. The number of carbonyl (C=O) groups is 1. The van der Waals surface area contributed by atoms with Gasteiger partial charge < -0.3 is 4.74 Å². The second kappa shape index (κ2) is 6.37. The molecule has 2 heteroatoms. The number of ether oxygens (including phenoxy) is 1. The highest BCUT2D eigenvalue weighted by atomic mass is 16.5. The molecule has 2 rings (SSSR count). The fraction of sp³-hybridized carbons (Fsp3) is 0.353. The van der Waals surface area contributed by atoms with E-state index >= 15 is 0 Å². The third kappa shape index (κ3) is 3.57. The quantitative estimate of drug-likeness (QED) is 0.735.